The molecule has 0 saturated carbocycles. The van der Waals surface area contributed by atoms with Gasteiger partial charge in [0, 0.05) is 19.5 Å². The molecule has 0 aromatic carbocycles. The van der Waals surface area contributed by atoms with E-state index in [2.05, 4.69) is 6.92 Å². The zero-order chi connectivity index (χ0) is 3.41. The van der Waals surface area contributed by atoms with Gasteiger partial charge in [0.2, 0.25) is 0 Å². The maximum atomic E-state index is 6.39. The third-order valence-corrected chi connectivity index (χ3v) is 0.177. The smallest absolute Gasteiger partial charge is 0 e. The number of hydrogen-bond acceptors (Lipinski definition) is 0. The molecule has 7 heavy (non-hydrogen) atoms. The van der Waals surface area contributed by atoms with Crippen molar-refractivity contribution in [2.75, 3.05) is 6.54 Å². The first-order valence-electron chi connectivity index (χ1n) is 1.35. The van der Waals surface area contributed by atoms with E-state index in [0.717, 1.165) is 6.42 Å². The van der Waals surface area contributed by atoms with E-state index in [4.69, 9.17) is 5.73 Å². The molecule has 0 aromatic rings. The second-order valence-corrected chi connectivity index (χ2v) is 0.604. The molecule has 0 unspecified atom stereocenters. The topological polar surface area (TPSA) is 23.8 Å². The molecule has 0 amide bonds. The average Bonchev–Trinajstić information content (AvgIpc) is 1.37. The predicted molar refractivity (Wildman–Crippen MR) is 32.3 cm³/mol. The summed E-state index contributed by atoms with van der Waals surface area (Å²) < 4.78 is 0. The van der Waals surface area contributed by atoms with Gasteiger partial charge in [0.05, 0.1) is 0 Å². The van der Waals surface area contributed by atoms with Crippen molar-refractivity contribution < 1.29 is 19.5 Å². The summed E-state index contributed by atoms with van der Waals surface area (Å²) in [4.78, 5) is 0. The van der Waals surface area contributed by atoms with Gasteiger partial charge in [-0.2, -0.15) is 6.54 Å². The van der Waals surface area contributed by atoms with Crippen LogP contribution in [0.15, 0.2) is 0 Å². The summed E-state index contributed by atoms with van der Waals surface area (Å²) in [5, 5.41) is 0. The molecule has 0 spiro atoms. The van der Waals surface area contributed by atoms with Crippen LogP contribution in [0.5, 0.6) is 0 Å². The Morgan fingerprint density at radius 1 is 1.43 bits per heavy atom. The zero-order valence-corrected chi connectivity index (χ0v) is 7.30. The van der Waals surface area contributed by atoms with Crippen molar-refractivity contribution in [3.63, 3.8) is 0 Å². The fraction of sp³-hybridized carbons (Fsp3) is 0.600. The van der Waals surface area contributed by atoms with Gasteiger partial charge in [-0.25, -0.2) is 6.42 Å². The van der Waals surface area contributed by atoms with Crippen molar-refractivity contribution >= 4 is 0 Å². The van der Waals surface area contributed by atoms with Gasteiger partial charge in [-0.1, -0.05) is 7.43 Å². The molecule has 2 heteroatoms. The van der Waals surface area contributed by atoms with Crippen molar-refractivity contribution in [1.29, 1.82) is 0 Å². The summed E-state index contributed by atoms with van der Waals surface area (Å²) in [6.07, 6.45) is 0.736. The van der Waals surface area contributed by atoms with Crippen LogP contribution in [0, 0.1) is 14.4 Å². The Bertz CT molecular complexity index is 10.0. The van der Waals surface area contributed by atoms with Crippen LogP contribution < -0.4 is 0 Å². The summed E-state index contributed by atoms with van der Waals surface area (Å²) in [5.74, 6) is 0. The minimum Gasteiger partial charge on any atom is -0.679 e. The Morgan fingerprint density at radius 3 is 1.57 bits per heavy atom. The third-order valence-electron chi connectivity index (χ3n) is 0.177. The first kappa shape index (κ1) is 25.6. The monoisotopic (exact) mass is 152 g/mol. The van der Waals surface area contributed by atoms with Crippen molar-refractivity contribution in [2.45, 2.75) is 13.8 Å². The first-order valence-corrected chi connectivity index (χ1v) is 1.35. The van der Waals surface area contributed by atoms with Crippen molar-refractivity contribution in [3.8, 4) is 0 Å². The van der Waals surface area contributed by atoms with E-state index < -0.39 is 0 Å². The van der Waals surface area contributed by atoms with E-state index >= 15 is 0 Å². The predicted octanol–water partition coefficient (Wildman–Crippen LogP) is 2.35. The summed E-state index contributed by atoms with van der Waals surface area (Å²) in [5.41, 5.74) is 6.39. The van der Waals surface area contributed by atoms with Gasteiger partial charge < -0.3 is 20.1 Å². The van der Waals surface area contributed by atoms with Crippen LogP contribution in [-0.2, 0) is 19.5 Å². The molecule has 0 aliphatic rings. The van der Waals surface area contributed by atoms with E-state index in [1.54, 1.807) is 0 Å². The molecule has 0 aromatic heterocycles. The van der Waals surface area contributed by atoms with Gasteiger partial charge in [-0.15, -0.1) is 0 Å². The summed E-state index contributed by atoms with van der Waals surface area (Å²) in [6, 6.07) is 0. The van der Waals surface area contributed by atoms with E-state index in [0.29, 0.717) is 6.54 Å². The maximum Gasteiger partial charge on any atom is 0 e. The fourth-order valence-electron chi connectivity index (χ4n) is 0. The average molecular weight is 154 g/mol. The molecule has 0 saturated heterocycles. The van der Waals surface area contributed by atoms with Gasteiger partial charge in [0.25, 0.3) is 0 Å². The van der Waals surface area contributed by atoms with E-state index in [1.807, 2.05) is 0 Å². The quantitative estimate of drug-likeness (QED) is 0.408. The standard InChI is InChI=1S/C3H7N.CH4.CH3.Zn/c1-2-3-4;;;/h4H,1-3H2;1H4;1H3;/q-2;;-1;. The normalized spacial score (nSPS) is 4.29. The van der Waals surface area contributed by atoms with Gasteiger partial charge in [-0.3, -0.25) is 0 Å². The molecule has 0 fully saturated rings. The molecular weight excluding hydrogens is 139 g/mol. The fourth-order valence-corrected chi connectivity index (χ4v) is 0. The summed E-state index contributed by atoms with van der Waals surface area (Å²) in [7, 11) is 0. The van der Waals surface area contributed by atoms with E-state index in [9.17, 15) is 0 Å². The van der Waals surface area contributed by atoms with Crippen molar-refractivity contribution in [2.24, 2.45) is 0 Å². The third kappa shape index (κ3) is 55.2. The van der Waals surface area contributed by atoms with Crippen LogP contribution in [0.2, 0.25) is 0 Å². The van der Waals surface area contributed by atoms with Crippen LogP contribution in [0.3, 0.4) is 0 Å². The van der Waals surface area contributed by atoms with Gasteiger partial charge in [0.1, 0.15) is 0 Å². The van der Waals surface area contributed by atoms with E-state index in [1.165, 1.54) is 0 Å². The second kappa shape index (κ2) is 30.8. The Labute approximate surface area is 60.4 Å². The minimum atomic E-state index is 0. The second-order valence-electron chi connectivity index (χ2n) is 0.604. The molecule has 0 aliphatic heterocycles. The summed E-state index contributed by atoms with van der Waals surface area (Å²) in [6.45, 7) is 3.88. The molecule has 1 nitrogen and oxygen atoms in total. The summed E-state index contributed by atoms with van der Waals surface area (Å²) >= 11 is 0. The largest absolute Gasteiger partial charge is 0.679 e. The Balaban J connectivity index is -0.0000000150. The Hall–Kier alpha value is 0.583. The molecule has 0 bridgehead atoms. The van der Waals surface area contributed by atoms with Crippen molar-refractivity contribution in [3.05, 3.63) is 20.1 Å². The van der Waals surface area contributed by atoms with Gasteiger partial charge >= 0.3 is 0 Å². The van der Waals surface area contributed by atoms with Crippen LogP contribution in [0.1, 0.15) is 13.8 Å². The number of rotatable bonds is 1. The Morgan fingerprint density at radius 2 is 1.57 bits per heavy atom. The number of hydrogen-bond donors (Lipinski definition) is 0. The Kier molecular flexibility index (Phi) is 112. The minimum absolute atomic E-state index is 0. The van der Waals surface area contributed by atoms with Gasteiger partial charge in [0.15, 0.2) is 0 Å². The molecule has 0 atom stereocenters. The molecule has 0 radical (unpaired) electrons. The molecule has 1 N–H and O–H groups in total. The first-order chi connectivity index (χ1) is 1.91. The molecule has 0 aliphatic carbocycles. The van der Waals surface area contributed by atoms with Crippen molar-refractivity contribution in [1.82, 2.24) is 0 Å². The van der Waals surface area contributed by atoms with Crippen LogP contribution in [-0.4, -0.2) is 6.54 Å². The maximum absolute atomic E-state index is 6.39. The van der Waals surface area contributed by atoms with Gasteiger partial charge in [-0.05, 0) is 0 Å². The van der Waals surface area contributed by atoms with Crippen LogP contribution >= 0.6 is 0 Å². The molecule has 44 valence electrons. The van der Waals surface area contributed by atoms with Crippen LogP contribution in [0.25, 0.3) is 5.73 Å². The van der Waals surface area contributed by atoms with E-state index in [-0.39, 0.29) is 34.3 Å². The number of nitrogens with one attached hydrogen (secondary N) is 1. The molecule has 0 rings (SSSR count). The zero-order valence-electron chi connectivity index (χ0n) is 4.33. The molecular formula is C5H14NZn-3. The molecule has 0 heterocycles. The SMILES string of the molecule is C.[CH2-]CC[NH-].[CH3-].[Zn]. The van der Waals surface area contributed by atoms with Crippen LogP contribution in [0.4, 0.5) is 0 Å².